The fourth-order valence-electron chi connectivity index (χ4n) is 12.0. The summed E-state index contributed by atoms with van der Waals surface area (Å²) in [4.78, 5) is 14.9. The number of aromatic nitrogens is 5. The van der Waals surface area contributed by atoms with Crippen LogP contribution in [0.25, 0.3) is 134 Å². The van der Waals surface area contributed by atoms with Gasteiger partial charge in [0.05, 0.1) is 11.6 Å². The first kappa shape index (κ1) is 55.8. The number of hydrogen-bond donors (Lipinski definition) is 0. The van der Waals surface area contributed by atoms with Gasteiger partial charge in [-0.3, -0.25) is 9.97 Å². The second-order valence-corrected chi connectivity index (χ2v) is 21.8. The summed E-state index contributed by atoms with van der Waals surface area (Å²) in [6, 6.07) is 108. The first-order valence-corrected chi connectivity index (χ1v) is 29.2. The molecule has 0 fully saturated rings. The third kappa shape index (κ3) is 10.9. The van der Waals surface area contributed by atoms with E-state index in [2.05, 4.69) is 304 Å². The normalized spacial score (nSPS) is 11.1. The molecule has 0 radical (unpaired) electrons. The van der Waals surface area contributed by atoms with Crippen molar-refractivity contribution in [1.29, 1.82) is 0 Å². The molecule has 0 aliphatic heterocycles. The number of aryl methyl sites for hydroxylation is 2. The predicted octanol–water partition coefficient (Wildman–Crippen LogP) is 20.4. The van der Waals surface area contributed by atoms with Crippen LogP contribution in [0.4, 0.5) is 0 Å². The second-order valence-electron chi connectivity index (χ2n) is 21.8. The third-order valence-electron chi connectivity index (χ3n) is 16.6. The van der Waals surface area contributed by atoms with Crippen LogP contribution in [0.3, 0.4) is 0 Å². The van der Waals surface area contributed by atoms with Crippen LogP contribution in [0.1, 0.15) is 22.8 Å². The Morgan fingerprint density at radius 3 is 1.11 bits per heavy atom. The summed E-state index contributed by atoms with van der Waals surface area (Å²) in [5, 5.41) is 0. The second kappa shape index (κ2) is 24.3. The number of pyridine rings is 1. The van der Waals surface area contributed by atoms with Crippen LogP contribution >= 0.6 is 0 Å². The molecule has 0 spiro atoms. The summed E-state index contributed by atoms with van der Waals surface area (Å²) >= 11 is 0. The first-order chi connectivity index (χ1) is 42.3. The van der Waals surface area contributed by atoms with Crippen molar-refractivity contribution in [2.75, 3.05) is 0 Å². The van der Waals surface area contributed by atoms with Crippen LogP contribution in [0.5, 0.6) is 0 Å². The van der Waals surface area contributed by atoms with E-state index in [0.29, 0.717) is 0 Å². The molecule has 5 nitrogen and oxygen atoms in total. The number of benzene rings is 11. The summed E-state index contributed by atoms with van der Waals surface area (Å²) < 4.78 is 4.45. The van der Waals surface area contributed by atoms with Gasteiger partial charge in [-0.1, -0.05) is 215 Å². The van der Waals surface area contributed by atoms with Gasteiger partial charge < -0.3 is 14.1 Å². The minimum absolute atomic E-state index is 0. The van der Waals surface area contributed by atoms with Gasteiger partial charge in [0.25, 0.3) is 0 Å². The molecule has 416 valence electrons. The van der Waals surface area contributed by atoms with Gasteiger partial charge in [0, 0.05) is 40.3 Å². The average Bonchev–Trinajstić information content (AvgIpc) is 3.07. The molecule has 6 heteroatoms. The Kier molecular flexibility index (Phi) is 15.6. The Balaban J connectivity index is 0.00000700. The molecule has 0 aliphatic carbocycles. The summed E-state index contributed by atoms with van der Waals surface area (Å²) in [7, 11) is 0. The fraction of sp³-hybridized carbons (Fsp3) is 0.0494. The monoisotopic (exact) mass is 1290 g/mol. The zero-order valence-electron chi connectivity index (χ0n) is 48.6. The number of rotatable bonds is 13. The van der Waals surface area contributed by atoms with E-state index in [9.17, 15) is 0 Å². The van der Waals surface area contributed by atoms with E-state index < -0.39 is 0 Å². The van der Waals surface area contributed by atoms with Crippen LogP contribution in [-0.4, -0.2) is 24.1 Å². The summed E-state index contributed by atoms with van der Waals surface area (Å²) in [6.07, 6.45) is 1.84. The standard InChI is InChI=1S/C81H58N5.Ir/c1-54-56(3)85(69-24-10-6-11-25-69)80(83-54)63-43-39-60(40-44-63)71-28-14-16-30-73(71)66-50-67(74-31-17-15-29-72(74)61-41-45-64(46-42-61)81-84-55(2)57(4)86(81)70-26-12-7-13-27-70)52-68(51-66)75-32-18-19-33-76(75)77-48-47-65(79-34-20-21-49-82-79)53-78(77)62-37-35-59(36-38-62)58-22-8-5-9-23-58;/h5-43,45,48-53H,1-4H3;/q-3;+3. The van der Waals surface area contributed by atoms with Crippen molar-refractivity contribution in [3.8, 4) is 134 Å². The van der Waals surface area contributed by atoms with Crippen molar-refractivity contribution >= 4 is 0 Å². The van der Waals surface area contributed by atoms with Crippen molar-refractivity contribution in [3.05, 3.63) is 320 Å². The van der Waals surface area contributed by atoms with Crippen LogP contribution in [-0.2, 0) is 20.1 Å². The zero-order valence-corrected chi connectivity index (χ0v) is 51.0. The summed E-state index contributed by atoms with van der Waals surface area (Å²) in [5.74, 6) is 1.74. The van der Waals surface area contributed by atoms with Crippen LogP contribution < -0.4 is 0 Å². The van der Waals surface area contributed by atoms with Crippen LogP contribution in [0.2, 0.25) is 0 Å². The molecule has 0 atom stereocenters. The predicted molar refractivity (Wildman–Crippen MR) is 354 cm³/mol. The molecule has 0 N–H and O–H groups in total. The molecule has 14 aromatic rings. The van der Waals surface area contributed by atoms with Crippen molar-refractivity contribution in [2.45, 2.75) is 27.7 Å². The Morgan fingerprint density at radius 1 is 0.287 bits per heavy atom. The Labute approximate surface area is 523 Å². The maximum atomic E-state index is 5.07. The minimum atomic E-state index is 0. The average molecular weight is 1290 g/mol. The minimum Gasteiger partial charge on any atom is -0.337 e. The smallest absolute Gasteiger partial charge is 0.337 e. The van der Waals surface area contributed by atoms with E-state index >= 15 is 0 Å². The van der Waals surface area contributed by atoms with Gasteiger partial charge in [-0.2, -0.15) is 0 Å². The first-order valence-electron chi connectivity index (χ1n) is 29.2. The van der Waals surface area contributed by atoms with E-state index in [1.165, 1.54) is 5.56 Å². The van der Waals surface area contributed by atoms with E-state index in [1.807, 2.05) is 30.5 Å². The van der Waals surface area contributed by atoms with E-state index in [1.54, 1.807) is 0 Å². The molecular weight excluding hydrogens is 1240 g/mol. The molecule has 0 amide bonds. The molecule has 14 rings (SSSR count). The van der Waals surface area contributed by atoms with Crippen LogP contribution in [0.15, 0.2) is 279 Å². The van der Waals surface area contributed by atoms with Gasteiger partial charge >= 0.3 is 20.1 Å². The summed E-state index contributed by atoms with van der Waals surface area (Å²) in [6.45, 7) is 8.40. The summed E-state index contributed by atoms with van der Waals surface area (Å²) in [5.41, 5.74) is 27.6. The van der Waals surface area contributed by atoms with Crippen molar-refractivity contribution in [3.63, 3.8) is 0 Å². The van der Waals surface area contributed by atoms with Crippen molar-refractivity contribution < 1.29 is 20.1 Å². The number of imidazole rings is 2. The zero-order chi connectivity index (χ0) is 58.1. The number of para-hydroxylation sites is 2. The largest absolute Gasteiger partial charge is 3.00 e. The topological polar surface area (TPSA) is 48.5 Å². The van der Waals surface area contributed by atoms with Gasteiger partial charge in [0.1, 0.15) is 0 Å². The molecule has 0 unspecified atom stereocenters. The molecule has 0 saturated heterocycles. The van der Waals surface area contributed by atoms with E-state index in [0.717, 1.165) is 152 Å². The maximum Gasteiger partial charge on any atom is 3.00 e. The third-order valence-corrected chi connectivity index (χ3v) is 16.6. The van der Waals surface area contributed by atoms with E-state index in [4.69, 9.17) is 15.0 Å². The van der Waals surface area contributed by atoms with Gasteiger partial charge in [-0.15, -0.1) is 83.4 Å². The van der Waals surface area contributed by atoms with Crippen LogP contribution in [0, 0.1) is 45.9 Å². The van der Waals surface area contributed by atoms with Crippen molar-refractivity contribution in [1.82, 2.24) is 24.1 Å². The maximum absolute atomic E-state index is 5.07. The number of hydrogen-bond acceptors (Lipinski definition) is 3. The van der Waals surface area contributed by atoms with Gasteiger partial charge in [-0.25, -0.2) is 0 Å². The Hall–Kier alpha value is -10.4. The quantitative estimate of drug-likeness (QED) is 0.108. The van der Waals surface area contributed by atoms with E-state index in [-0.39, 0.29) is 20.1 Å². The number of nitrogens with zero attached hydrogens (tertiary/aromatic N) is 5. The molecule has 3 aromatic heterocycles. The van der Waals surface area contributed by atoms with Gasteiger partial charge in [0.15, 0.2) is 0 Å². The molecule has 0 aliphatic rings. The van der Waals surface area contributed by atoms with Gasteiger partial charge in [0.2, 0.25) is 0 Å². The molecule has 0 saturated carbocycles. The van der Waals surface area contributed by atoms with Crippen molar-refractivity contribution in [2.24, 2.45) is 0 Å². The molecule has 11 aromatic carbocycles. The SMILES string of the molecule is Cc1nc(-c2[c-]cc(-c3ccccc3-c3cc(-c4ccccc4-c4c[c-]c(-c5nc(C)c(C)n5-c5ccccc5)cc4)cc(-c4ccccc4-c4c[c-]c(-c5ccccn5)cc4-c4ccc(-c5ccccc5)cc4)c3)cc2)n(-c2ccccc2)c1C.[Ir+3]. The fourth-order valence-corrected chi connectivity index (χ4v) is 12.0. The molecule has 87 heavy (non-hydrogen) atoms. The van der Waals surface area contributed by atoms with Gasteiger partial charge in [-0.05, 0) is 132 Å². The molecule has 3 heterocycles. The Bertz CT molecular complexity index is 4550. The Morgan fingerprint density at radius 2 is 0.667 bits per heavy atom. The molecular formula is C81H58IrN5. The molecule has 0 bridgehead atoms.